The van der Waals surface area contributed by atoms with Crippen molar-refractivity contribution < 1.29 is 19.8 Å². The molecule has 16 bridgehead atoms. The molecule has 8 heterocycles. The van der Waals surface area contributed by atoms with Gasteiger partial charge in [-0.25, -0.2) is 0 Å². The molecule has 16 aliphatic rings. The third-order valence-electron chi connectivity index (χ3n) is 21.4. The SMILES string of the molecule is C[C@H]1CCC(=O)N[C@@H]2CC[C@@]3(C)[C@H](CC[C@@H]4[C@@H]3C[C@@H](O)[C@]3(C)[C@H](CC[C@@H]43)[C@@H](C)CCC(=O)N[C@@H]3CC[C@@]4(C)[C@H](CC[C@@H]5[C@@H]4C[C@@H](O)[C@]4(C)[C@@H]1CC[C@@H]54)C3)C2. The minimum atomic E-state index is -0.269. The highest BCUT2D eigenvalue weighted by atomic mass is 16.3. The van der Waals surface area contributed by atoms with Crippen LogP contribution in [0, 0.1) is 92.7 Å². The molecular formula is C48H78N2O4. The normalized spacial score (nSPS) is 57.6. The van der Waals surface area contributed by atoms with Gasteiger partial charge < -0.3 is 20.8 Å². The number of aliphatic hydroxyl groups excluding tert-OH is 2. The molecule has 16 rings (SSSR count). The first-order valence-corrected chi connectivity index (χ1v) is 23.6. The number of hydrogen-bond acceptors (Lipinski definition) is 4. The minimum absolute atomic E-state index is 0.0541. The summed E-state index contributed by atoms with van der Waals surface area (Å²) in [6.45, 7) is 14.8. The summed E-state index contributed by atoms with van der Waals surface area (Å²) in [6.07, 6.45) is 20.9. The maximum atomic E-state index is 13.6. The fourth-order valence-electron chi connectivity index (χ4n) is 18.3. The van der Waals surface area contributed by atoms with E-state index in [-0.39, 0.29) is 57.8 Å². The quantitative estimate of drug-likeness (QED) is 0.199. The number of rotatable bonds is 0. The Kier molecular flexibility index (Phi) is 9.76. The second-order valence-electron chi connectivity index (χ2n) is 23.0. The van der Waals surface area contributed by atoms with Crippen molar-refractivity contribution in [3.63, 3.8) is 0 Å². The molecule has 6 heteroatoms. The lowest BCUT2D eigenvalue weighted by atomic mass is 9.43. The number of aliphatic hydroxyl groups is 2. The molecule has 8 aliphatic carbocycles. The van der Waals surface area contributed by atoms with Crippen LogP contribution in [0.1, 0.15) is 170 Å². The first-order valence-electron chi connectivity index (χ1n) is 23.6. The summed E-state index contributed by atoms with van der Waals surface area (Å²) >= 11 is 0. The Morgan fingerprint density at radius 3 is 1.28 bits per heavy atom. The van der Waals surface area contributed by atoms with Crippen LogP contribution in [0.5, 0.6) is 0 Å². The van der Waals surface area contributed by atoms with Crippen LogP contribution < -0.4 is 10.6 Å². The topological polar surface area (TPSA) is 98.7 Å². The number of amides is 2. The van der Waals surface area contributed by atoms with Crippen molar-refractivity contribution in [1.82, 2.24) is 10.6 Å². The summed E-state index contributed by atoms with van der Waals surface area (Å²) in [5.41, 5.74) is 0.383. The van der Waals surface area contributed by atoms with Gasteiger partial charge in [-0.1, -0.05) is 41.5 Å². The molecular weight excluding hydrogens is 669 g/mol. The van der Waals surface area contributed by atoms with Crippen LogP contribution in [0.4, 0.5) is 0 Å². The molecule has 0 aromatic rings. The first kappa shape index (κ1) is 38.4. The molecule has 6 nitrogen and oxygen atoms in total. The van der Waals surface area contributed by atoms with E-state index >= 15 is 0 Å². The summed E-state index contributed by atoms with van der Waals surface area (Å²) in [4.78, 5) is 27.3. The predicted octanol–water partition coefficient (Wildman–Crippen LogP) is 9.06. The molecule has 304 valence electrons. The van der Waals surface area contributed by atoms with Gasteiger partial charge in [0.05, 0.1) is 12.2 Å². The van der Waals surface area contributed by atoms with Gasteiger partial charge in [0.2, 0.25) is 11.8 Å². The monoisotopic (exact) mass is 747 g/mol. The number of carbonyl (C=O) groups excluding carboxylic acids is 2. The van der Waals surface area contributed by atoms with E-state index in [9.17, 15) is 19.8 Å². The summed E-state index contributed by atoms with van der Waals surface area (Å²) in [6, 6.07) is 0.554. The van der Waals surface area contributed by atoms with Crippen molar-refractivity contribution >= 4 is 11.8 Å². The van der Waals surface area contributed by atoms with Crippen molar-refractivity contribution in [3.05, 3.63) is 0 Å². The fourth-order valence-corrected chi connectivity index (χ4v) is 18.3. The average Bonchev–Trinajstić information content (AvgIpc) is 3.69. The molecule has 8 saturated carbocycles. The molecule has 54 heavy (non-hydrogen) atoms. The third kappa shape index (κ3) is 5.71. The standard InChI is InChI=1S/C48H78N2O4/c1-27-7-17-43(53)49-31-19-21-46(4)30(23-31)10-12-34-38-16-14-36(48(38,6)42(52)26-40(34)46)28(2)8-18-44(54)50-32-20-22-45(3)29(24-32)9-11-33-37-15-13-35(27)47(37,5)41(51)25-39(33)45/h27-42,51-52H,7-26H2,1-6H3,(H,49,53)(H,50,54)/t27-,28-,29+,30+,31+,32+,33-,34-,35+,36+,37-,38-,39-,40-,41+,42+,45-,46-,47+,48+/m0/s1. The number of nitrogens with one attached hydrogen (secondary N) is 2. The Bertz CT molecular complexity index is 1350. The molecule has 8 aliphatic heterocycles. The Morgan fingerprint density at radius 2 is 0.870 bits per heavy atom. The maximum absolute atomic E-state index is 13.6. The zero-order valence-corrected chi connectivity index (χ0v) is 35.1. The third-order valence-corrected chi connectivity index (χ3v) is 21.4. The van der Waals surface area contributed by atoms with Gasteiger partial charge in [0.25, 0.3) is 0 Å². The van der Waals surface area contributed by atoms with Crippen molar-refractivity contribution in [2.45, 2.75) is 194 Å². The van der Waals surface area contributed by atoms with Gasteiger partial charge in [-0.05, 0) is 208 Å². The summed E-state index contributed by atoms with van der Waals surface area (Å²) in [7, 11) is 0. The van der Waals surface area contributed by atoms with Crippen LogP contribution in [0.3, 0.4) is 0 Å². The second kappa shape index (κ2) is 13.7. The van der Waals surface area contributed by atoms with Gasteiger partial charge >= 0.3 is 0 Å². The van der Waals surface area contributed by atoms with Crippen LogP contribution in [0.15, 0.2) is 0 Å². The van der Waals surface area contributed by atoms with Crippen LogP contribution in [0.2, 0.25) is 0 Å². The number of carbonyl (C=O) groups is 2. The van der Waals surface area contributed by atoms with Crippen LogP contribution in [-0.2, 0) is 9.59 Å². The van der Waals surface area contributed by atoms with E-state index in [1.54, 1.807) is 0 Å². The Hall–Kier alpha value is -1.14. The molecule has 0 radical (unpaired) electrons. The van der Waals surface area contributed by atoms with Crippen LogP contribution >= 0.6 is 0 Å². The molecule has 16 fully saturated rings. The predicted molar refractivity (Wildman–Crippen MR) is 214 cm³/mol. The second-order valence-corrected chi connectivity index (χ2v) is 23.0. The van der Waals surface area contributed by atoms with Crippen molar-refractivity contribution in [2.24, 2.45) is 92.7 Å². The van der Waals surface area contributed by atoms with E-state index in [1.165, 1.54) is 51.4 Å². The van der Waals surface area contributed by atoms with Gasteiger partial charge in [-0.3, -0.25) is 9.59 Å². The molecule has 20 atom stereocenters. The summed E-state index contributed by atoms with van der Waals surface area (Å²) < 4.78 is 0. The molecule has 0 spiro atoms. The van der Waals surface area contributed by atoms with Gasteiger partial charge in [-0.15, -0.1) is 0 Å². The van der Waals surface area contributed by atoms with Crippen molar-refractivity contribution in [1.29, 1.82) is 0 Å². The highest BCUT2D eigenvalue weighted by molar-refractivity contribution is 5.76. The maximum Gasteiger partial charge on any atom is 0.220 e. The van der Waals surface area contributed by atoms with Crippen LogP contribution in [0.25, 0.3) is 0 Å². The molecule has 8 saturated heterocycles. The van der Waals surface area contributed by atoms with Crippen molar-refractivity contribution in [3.8, 4) is 0 Å². The zero-order valence-electron chi connectivity index (χ0n) is 35.1. The summed E-state index contributed by atoms with van der Waals surface area (Å²) in [5, 5.41) is 31.5. The molecule has 2 amide bonds. The lowest BCUT2D eigenvalue weighted by Crippen LogP contribution is -2.59. The van der Waals surface area contributed by atoms with E-state index in [0.717, 1.165) is 64.2 Å². The first-order chi connectivity index (χ1) is 25.7. The number of hydrogen-bond donors (Lipinski definition) is 4. The lowest BCUT2D eigenvalue weighted by Gasteiger charge is -2.62. The van der Waals surface area contributed by atoms with Crippen molar-refractivity contribution in [2.75, 3.05) is 0 Å². The zero-order chi connectivity index (χ0) is 37.9. The van der Waals surface area contributed by atoms with Gasteiger partial charge in [0, 0.05) is 24.9 Å². The van der Waals surface area contributed by atoms with E-state index in [2.05, 4.69) is 52.2 Å². The summed E-state index contributed by atoms with van der Waals surface area (Å²) in [5.74, 6) is 7.24. The lowest BCUT2D eigenvalue weighted by molar-refractivity contribution is -0.171. The smallest absolute Gasteiger partial charge is 0.220 e. The molecule has 0 unspecified atom stereocenters. The van der Waals surface area contributed by atoms with E-state index in [0.29, 0.717) is 83.9 Å². The van der Waals surface area contributed by atoms with Gasteiger partial charge in [0.15, 0.2) is 0 Å². The van der Waals surface area contributed by atoms with Gasteiger partial charge in [0.1, 0.15) is 0 Å². The largest absolute Gasteiger partial charge is 0.393 e. The molecule has 0 aromatic heterocycles. The Morgan fingerprint density at radius 1 is 0.481 bits per heavy atom. The van der Waals surface area contributed by atoms with Crippen LogP contribution in [-0.4, -0.2) is 46.3 Å². The van der Waals surface area contributed by atoms with E-state index in [4.69, 9.17) is 0 Å². The fraction of sp³-hybridized carbons (Fsp3) is 0.958. The molecule has 0 aromatic carbocycles. The minimum Gasteiger partial charge on any atom is -0.393 e. The Labute approximate surface area is 328 Å². The van der Waals surface area contributed by atoms with E-state index < -0.39 is 0 Å². The van der Waals surface area contributed by atoms with E-state index in [1.807, 2.05) is 0 Å². The van der Waals surface area contributed by atoms with Gasteiger partial charge in [-0.2, -0.15) is 0 Å². The Balaban J connectivity index is 0.964. The molecule has 4 N–H and O–H groups in total. The highest BCUT2D eigenvalue weighted by Crippen LogP contribution is 2.70. The average molecular weight is 747 g/mol. The highest BCUT2D eigenvalue weighted by Gasteiger charge is 2.65.